The fourth-order valence-corrected chi connectivity index (χ4v) is 8.07. The van der Waals surface area contributed by atoms with Crippen molar-refractivity contribution < 1.29 is 19.4 Å². The van der Waals surface area contributed by atoms with Crippen molar-refractivity contribution in [2.24, 2.45) is 11.7 Å². The van der Waals surface area contributed by atoms with Crippen LogP contribution in [0, 0.1) is 5.92 Å². The van der Waals surface area contributed by atoms with E-state index in [0.717, 1.165) is 36.6 Å². The zero-order chi connectivity index (χ0) is 25.8. The highest BCUT2D eigenvalue weighted by Gasteiger charge is 2.73. The molecule has 3 heterocycles. The SMILES string of the molecule is NC(=O)c1ccc2c3c1O[C@H]1[C@H](NC(=O)c4ccc5n[nH]nc5c4)CC[C@@]4(O)[C@@H](C2)N(CC2CC2)CC[C@]314. The molecule has 8 rings (SSSR count). The van der Waals surface area contributed by atoms with Crippen LogP contribution in [-0.2, 0) is 11.8 Å². The minimum Gasteiger partial charge on any atom is -0.486 e. The van der Waals surface area contributed by atoms with Gasteiger partial charge in [-0.2, -0.15) is 15.4 Å². The van der Waals surface area contributed by atoms with E-state index in [1.807, 2.05) is 6.07 Å². The first-order chi connectivity index (χ1) is 18.4. The van der Waals surface area contributed by atoms with E-state index in [1.54, 1.807) is 24.3 Å². The van der Waals surface area contributed by atoms with E-state index in [9.17, 15) is 14.7 Å². The Labute approximate surface area is 218 Å². The predicted molar refractivity (Wildman–Crippen MR) is 137 cm³/mol. The molecule has 10 heteroatoms. The second-order valence-electron chi connectivity index (χ2n) is 11.8. The van der Waals surface area contributed by atoms with Gasteiger partial charge in [0.25, 0.3) is 11.8 Å². The highest BCUT2D eigenvalue weighted by molar-refractivity contribution is 5.98. The quantitative estimate of drug-likeness (QED) is 0.403. The van der Waals surface area contributed by atoms with Crippen molar-refractivity contribution in [3.05, 3.63) is 52.6 Å². The Morgan fingerprint density at radius 1 is 1.16 bits per heavy atom. The summed E-state index contributed by atoms with van der Waals surface area (Å²) in [5, 5.41) is 26.6. The van der Waals surface area contributed by atoms with Gasteiger partial charge in [0.05, 0.1) is 22.6 Å². The molecule has 196 valence electrons. The molecule has 5 aliphatic rings. The molecule has 10 nitrogen and oxygen atoms in total. The number of ether oxygens (including phenoxy) is 1. The van der Waals surface area contributed by atoms with Gasteiger partial charge in [0.15, 0.2) is 0 Å². The number of nitrogens with two attached hydrogens (primary N) is 1. The van der Waals surface area contributed by atoms with Crippen LogP contribution in [0.5, 0.6) is 5.75 Å². The lowest BCUT2D eigenvalue weighted by molar-refractivity contribution is -0.191. The molecule has 38 heavy (non-hydrogen) atoms. The van der Waals surface area contributed by atoms with E-state index in [1.165, 1.54) is 12.8 Å². The lowest BCUT2D eigenvalue weighted by Crippen LogP contribution is -2.78. The van der Waals surface area contributed by atoms with Gasteiger partial charge < -0.3 is 20.9 Å². The highest BCUT2D eigenvalue weighted by atomic mass is 16.5. The molecule has 0 unspecified atom stereocenters. The second-order valence-corrected chi connectivity index (χ2v) is 11.8. The number of fused-ring (bicyclic) bond motifs is 1. The Kier molecular flexibility index (Phi) is 4.46. The standard InChI is InChI=1S/C28H30N6O4/c29-25(35)17-5-3-15-12-21-28(37)8-7-19(30-26(36)16-4-6-18-20(11-16)32-33-31-18)24-27(28,22(15)23(17)38-24)9-10-34(21)13-14-1-2-14/h3-6,11,14,19,21,24,37H,1-2,7-10,12-13H2,(H2,29,35)(H,30,36)(H,31,32,33)/t19-,21-,24+,27+,28-/m1/s1. The van der Waals surface area contributed by atoms with Crippen LogP contribution in [0.3, 0.4) is 0 Å². The van der Waals surface area contributed by atoms with Gasteiger partial charge in [-0.25, -0.2) is 0 Å². The molecular weight excluding hydrogens is 484 g/mol. The summed E-state index contributed by atoms with van der Waals surface area (Å²) in [5.41, 5.74) is 8.24. The van der Waals surface area contributed by atoms with Crippen molar-refractivity contribution in [2.75, 3.05) is 13.1 Å². The first-order valence-electron chi connectivity index (χ1n) is 13.6. The lowest BCUT2D eigenvalue weighted by Gasteiger charge is -2.64. The minimum absolute atomic E-state index is 0.0212. The lowest BCUT2D eigenvalue weighted by atomic mass is 9.48. The molecule has 1 aromatic heterocycles. The Balaban J connectivity index is 1.21. The zero-order valence-corrected chi connectivity index (χ0v) is 20.9. The smallest absolute Gasteiger partial charge is 0.252 e. The maximum absolute atomic E-state index is 13.4. The van der Waals surface area contributed by atoms with Gasteiger partial charge in [0.2, 0.25) is 0 Å². The molecule has 0 radical (unpaired) electrons. The number of piperidine rings is 1. The monoisotopic (exact) mass is 514 g/mol. The highest BCUT2D eigenvalue weighted by Crippen LogP contribution is 2.64. The number of aromatic amines is 1. The largest absolute Gasteiger partial charge is 0.486 e. The van der Waals surface area contributed by atoms with Crippen LogP contribution in [0.1, 0.15) is 63.9 Å². The number of nitrogens with one attached hydrogen (secondary N) is 2. The molecule has 3 aromatic rings. The third-order valence-electron chi connectivity index (χ3n) is 9.94. The van der Waals surface area contributed by atoms with Crippen LogP contribution in [0.15, 0.2) is 30.3 Å². The van der Waals surface area contributed by atoms with Crippen molar-refractivity contribution in [1.82, 2.24) is 25.6 Å². The number of rotatable bonds is 5. The van der Waals surface area contributed by atoms with Crippen molar-refractivity contribution in [3.63, 3.8) is 0 Å². The van der Waals surface area contributed by atoms with E-state index >= 15 is 0 Å². The van der Waals surface area contributed by atoms with Crippen LogP contribution < -0.4 is 15.8 Å². The van der Waals surface area contributed by atoms with Crippen LogP contribution in [0.4, 0.5) is 0 Å². The van der Waals surface area contributed by atoms with E-state index in [-0.39, 0.29) is 18.0 Å². The van der Waals surface area contributed by atoms with E-state index in [4.69, 9.17) is 10.5 Å². The van der Waals surface area contributed by atoms with E-state index in [2.05, 4.69) is 25.6 Å². The van der Waals surface area contributed by atoms with Crippen molar-refractivity contribution in [3.8, 4) is 5.75 Å². The van der Waals surface area contributed by atoms with Gasteiger partial charge in [-0.3, -0.25) is 14.5 Å². The number of benzene rings is 2. The normalized spacial score (nSPS) is 33.0. The predicted octanol–water partition coefficient (Wildman–Crippen LogP) is 1.42. The van der Waals surface area contributed by atoms with Crippen molar-refractivity contribution >= 4 is 22.8 Å². The van der Waals surface area contributed by atoms with Crippen LogP contribution >= 0.6 is 0 Å². The third kappa shape index (κ3) is 2.84. The molecule has 3 aliphatic carbocycles. The number of aliphatic hydroxyl groups is 1. The maximum atomic E-state index is 13.4. The molecular formula is C28H30N6O4. The number of hydrogen-bond acceptors (Lipinski definition) is 7. The summed E-state index contributed by atoms with van der Waals surface area (Å²) >= 11 is 0. The Morgan fingerprint density at radius 3 is 2.82 bits per heavy atom. The number of nitrogens with zero attached hydrogens (tertiary/aromatic N) is 3. The third-order valence-corrected chi connectivity index (χ3v) is 9.94. The Hall–Kier alpha value is -3.50. The fraction of sp³-hybridized carbons (Fsp3) is 0.500. The fourth-order valence-electron chi connectivity index (χ4n) is 8.07. The summed E-state index contributed by atoms with van der Waals surface area (Å²) in [4.78, 5) is 28.4. The van der Waals surface area contributed by atoms with Crippen LogP contribution in [-0.4, -0.2) is 74.1 Å². The van der Waals surface area contributed by atoms with Crippen molar-refractivity contribution in [1.29, 1.82) is 0 Å². The zero-order valence-electron chi connectivity index (χ0n) is 20.9. The van der Waals surface area contributed by atoms with Crippen LogP contribution in [0.25, 0.3) is 11.0 Å². The second kappa shape index (κ2) is 7.54. The molecule has 1 saturated heterocycles. The number of carbonyl (C=O) groups is 2. The van der Waals surface area contributed by atoms with Gasteiger partial charge in [0, 0.05) is 23.7 Å². The van der Waals surface area contributed by atoms with Gasteiger partial charge in [-0.1, -0.05) is 6.07 Å². The first kappa shape index (κ1) is 22.5. The van der Waals surface area contributed by atoms with Gasteiger partial charge in [-0.15, -0.1) is 0 Å². The van der Waals surface area contributed by atoms with Crippen molar-refractivity contribution in [2.45, 2.75) is 67.7 Å². The molecule has 2 aliphatic heterocycles. The Bertz CT molecular complexity index is 1520. The molecule has 2 amide bonds. The number of likely N-dealkylation sites (tertiary alicyclic amines) is 1. The number of hydrogen-bond donors (Lipinski definition) is 4. The van der Waals surface area contributed by atoms with Gasteiger partial charge >= 0.3 is 0 Å². The molecule has 1 spiro atoms. The minimum atomic E-state index is -1.01. The topological polar surface area (TPSA) is 146 Å². The maximum Gasteiger partial charge on any atom is 0.252 e. The summed E-state index contributed by atoms with van der Waals surface area (Å²) in [6.45, 7) is 1.87. The number of primary amides is 1. The number of aromatic nitrogens is 3. The summed E-state index contributed by atoms with van der Waals surface area (Å²) in [7, 11) is 0. The molecule has 2 aromatic carbocycles. The molecule has 5 N–H and O–H groups in total. The van der Waals surface area contributed by atoms with Crippen LogP contribution in [0.2, 0.25) is 0 Å². The van der Waals surface area contributed by atoms with E-state index in [0.29, 0.717) is 47.2 Å². The summed E-state index contributed by atoms with van der Waals surface area (Å²) in [6.07, 6.45) is 4.56. The average molecular weight is 515 g/mol. The van der Waals surface area contributed by atoms with Gasteiger partial charge in [-0.05, 0) is 80.8 Å². The summed E-state index contributed by atoms with van der Waals surface area (Å²) < 4.78 is 6.65. The summed E-state index contributed by atoms with van der Waals surface area (Å²) in [6, 6.07) is 8.61. The molecule has 3 fully saturated rings. The average Bonchev–Trinajstić information content (AvgIpc) is 3.46. The number of carbonyl (C=O) groups excluding carboxylic acids is 2. The molecule has 2 bridgehead atoms. The summed E-state index contributed by atoms with van der Waals surface area (Å²) in [5.74, 6) is 0.444. The molecule has 2 saturated carbocycles. The first-order valence-corrected chi connectivity index (χ1v) is 13.6. The van der Waals surface area contributed by atoms with E-state index < -0.39 is 23.0 Å². The Morgan fingerprint density at radius 2 is 2.00 bits per heavy atom. The van der Waals surface area contributed by atoms with Gasteiger partial charge in [0.1, 0.15) is 22.9 Å². The number of amides is 2. The number of H-pyrrole nitrogens is 1. The molecule has 5 atom stereocenters.